The van der Waals surface area contributed by atoms with E-state index in [0.717, 1.165) is 6.07 Å². The number of aliphatic hydroxyl groups is 1. The highest BCUT2D eigenvalue weighted by Crippen LogP contribution is 2.19. The van der Waals surface area contributed by atoms with Crippen LogP contribution in [0.5, 0.6) is 0 Å². The van der Waals surface area contributed by atoms with Gasteiger partial charge in [0.05, 0.1) is 11.2 Å². The molecular formula is C14H19BrFNO2. The standard InChI is InChI=1S/C14H19BrFNO2/c1-9(2)7-14(3,19)8-17-13(18)11-6-10(16)4-5-12(11)15/h4-6,9,19H,7-8H2,1-3H3,(H,17,18). The van der Waals surface area contributed by atoms with Gasteiger partial charge in [-0.05, 0) is 53.4 Å². The van der Waals surface area contributed by atoms with Gasteiger partial charge >= 0.3 is 0 Å². The lowest BCUT2D eigenvalue weighted by atomic mass is 9.94. The van der Waals surface area contributed by atoms with Crippen LogP contribution >= 0.6 is 15.9 Å². The molecule has 0 heterocycles. The number of hydrogen-bond donors (Lipinski definition) is 2. The Labute approximate surface area is 121 Å². The molecule has 2 N–H and O–H groups in total. The van der Waals surface area contributed by atoms with Crippen molar-refractivity contribution in [3.63, 3.8) is 0 Å². The van der Waals surface area contributed by atoms with Crippen molar-refractivity contribution in [1.29, 1.82) is 0 Å². The van der Waals surface area contributed by atoms with Crippen LogP contribution < -0.4 is 5.32 Å². The first-order chi connectivity index (χ1) is 8.71. The number of halogens is 2. The molecule has 1 rings (SSSR count). The van der Waals surface area contributed by atoms with E-state index < -0.39 is 17.3 Å². The van der Waals surface area contributed by atoms with Gasteiger partial charge in [0.15, 0.2) is 0 Å². The largest absolute Gasteiger partial charge is 0.388 e. The Bertz CT molecular complexity index is 461. The van der Waals surface area contributed by atoms with E-state index in [9.17, 15) is 14.3 Å². The predicted molar refractivity (Wildman–Crippen MR) is 76.5 cm³/mol. The monoisotopic (exact) mass is 331 g/mol. The van der Waals surface area contributed by atoms with E-state index in [1.165, 1.54) is 12.1 Å². The van der Waals surface area contributed by atoms with Gasteiger partial charge in [0.2, 0.25) is 0 Å². The molecule has 0 aromatic heterocycles. The van der Waals surface area contributed by atoms with Crippen LogP contribution in [0, 0.1) is 11.7 Å². The molecule has 1 aromatic carbocycles. The third-order valence-corrected chi connectivity index (χ3v) is 3.34. The fraction of sp³-hybridized carbons (Fsp3) is 0.500. The summed E-state index contributed by atoms with van der Waals surface area (Å²) in [6.07, 6.45) is 0.581. The first-order valence-corrected chi connectivity index (χ1v) is 6.96. The molecule has 19 heavy (non-hydrogen) atoms. The fourth-order valence-corrected chi connectivity index (χ4v) is 2.42. The molecule has 106 valence electrons. The Balaban J connectivity index is 2.68. The summed E-state index contributed by atoms with van der Waals surface area (Å²) in [6.45, 7) is 5.81. The van der Waals surface area contributed by atoms with E-state index in [1.807, 2.05) is 13.8 Å². The molecular weight excluding hydrogens is 313 g/mol. The minimum atomic E-state index is -0.969. The van der Waals surface area contributed by atoms with Crippen LogP contribution in [-0.2, 0) is 0 Å². The average Bonchev–Trinajstić information content (AvgIpc) is 2.27. The van der Waals surface area contributed by atoms with Crippen molar-refractivity contribution in [2.24, 2.45) is 5.92 Å². The number of hydrogen-bond acceptors (Lipinski definition) is 2. The van der Waals surface area contributed by atoms with Crippen LogP contribution in [0.2, 0.25) is 0 Å². The van der Waals surface area contributed by atoms with E-state index in [0.29, 0.717) is 16.8 Å². The van der Waals surface area contributed by atoms with Crippen molar-refractivity contribution in [1.82, 2.24) is 5.32 Å². The first kappa shape index (κ1) is 16.1. The summed E-state index contributed by atoms with van der Waals surface area (Å²) in [7, 11) is 0. The van der Waals surface area contributed by atoms with E-state index >= 15 is 0 Å². The fourth-order valence-electron chi connectivity index (χ4n) is 1.99. The summed E-state index contributed by atoms with van der Waals surface area (Å²) in [6, 6.07) is 3.92. The minimum Gasteiger partial charge on any atom is -0.388 e. The molecule has 0 saturated heterocycles. The zero-order valence-corrected chi connectivity index (χ0v) is 12.9. The van der Waals surface area contributed by atoms with Crippen LogP contribution in [0.4, 0.5) is 4.39 Å². The van der Waals surface area contributed by atoms with Crippen molar-refractivity contribution < 1.29 is 14.3 Å². The number of benzene rings is 1. The van der Waals surface area contributed by atoms with Gasteiger partial charge in [0, 0.05) is 11.0 Å². The summed E-state index contributed by atoms with van der Waals surface area (Å²) in [5.74, 6) is -0.550. The lowest BCUT2D eigenvalue weighted by molar-refractivity contribution is 0.0368. The zero-order chi connectivity index (χ0) is 14.6. The van der Waals surface area contributed by atoms with Crippen molar-refractivity contribution in [2.45, 2.75) is 32.8 Å². The van der Waals surface area contributed by atoms with E-state index in [1.54, 1.807) is 6.92 Å². The molecule has 1 amide bonds. The van der Waals surface area contributed by atoms with E-state index in [2.05, 4.69) is 21.2 Å². The van der Waals surface area contributed by atoms with Crippen LogP contribution in [0.3, 0.4) is 0 Å². The van der Waals surface area contributed by atoms with Crippen molar-refractivity contribution in [2.75, 3.05) is 6.54 Å². The third kappa shape index (κ3) is 5.28. The number of carbonyl (C=O) groups is 1. The van der Waals surface area contributed by atoms with Gasteiger partial charge in [-0.1, -0.05) is 13.8 Å². The second kappa shape index (κ2) is 6.48. The Hall–Kier alpha value is -0.940. The Morgan fingerprint density at radius 3 is 2.74 bits per heavy atom. The number of amides is 1. The molecule has 0 bridgehead atoms. The highest BCUT2D eigenvalue weighted by molar-refractivity contribution is 9.10. The molecule has 1 aromatic rings. The van der Waals surface area contributed by atoms with E-state index in [-0.39, 0.29) is 12.1 Å². The summed E-state index contributed by atoms with van der Waals surface area (Å²) in [4.78, 5) is 11.9. The lowest BCUT2D eigenvalue weighted by Gasteiger charge is -2.25. The number of carbonyl (C=O) groups excluding carboxylic acids is 1. The van der Waals surface area contributed by atoms with Crippen LogP contribution in [0.25, 0.3) is 0 Å². The van der Waals surface area contributed by atoms with Crippen LogP contribution in [0.1, 0.15) is 37.6 Å². The number of rotatable bonds is 5. The third-order valence-electron chi connectivity index (χ3n) is 2.65. The lowest BCUT2D eigenvalue weighted by Crippen LogP contribution is -2.41. The predicted octanol–water partition coefficient (Wildman–Crippen LogP) is 3.12. The molecule has 0 saturated carbocycles. The van der Waals surface area contributed by atoms with Gasteiger partial charge < -0.3 is 10.4 Å². The van der Waals surface area contributed by atoms with Gasteiger partial charge in [-0.25, -0.2) is 4.39 Å². The summed E-state index contributed by atoms with van der Waals surface area (Å²) in [5, 5.41) is 12.7. The Morgan fingerprint density at radius 2 is 2.16 bits per heavy atom. The summed E-state index contributed by atoms with van der Waals surface area (Å²) in [5.41, 5.74) is -0.746. The molecule has 0 aliphatic heterocycles. The Morgan fingerprint density at radius 1 is 1.53 bits per heavy atom. The topological polar surface area (TPSA) is 49.3 Å². The van der Waals surface area contributed by atoms with Crippen molar-refractivity contribution >= 4 is 21.8 Å². The summed E-state index contributed by atoms with van der Waals surface area (Å²) >= 11 is 3.20. The van der Waals surface area contributed by atoms with Crippen LogP contribution in [-0.4, -0.2) is 23.2 Å². The maximum Gasteiger partial charge on any atom is 0.252 e. The Kier molecular flexibility index (Phi) is 5.50. The molecule has 1 unspecified atom stereocenters. The smallest absolute Gasteiger partial charge is 0.252 e. The molecule has 0 radical (unpaired) electrons. The molecule has 0 fully saturated rings. The molecule has 5 heteroatoms. The maximum absolute atomic E-state index is 13.1. The second-order valence-corrected chi connectivity index (χ2v) is 6.26. The van der Waals surface area contributed by atoms with Crippen molar-refractivity contribution in [3.05, 3.63) is 34.1 Å². The minimum absolute atomic E-state index is 0.132. The molecule has 0 spiro atoms. The molecule has 0 aliphatic rings. The SMILES string of the molecule is CC(C)CC(C)(O)CNC(=O)c1cc(F)ccc1Br. The molecule has 1 atom stereocenters. The quantitative estimate of drug-likeness (QED) is 0.870. The zero-order valence-electron chi connectivity index (χ0n) is 11.3. The van der Waals surface area contributed by atoms with Gasteiger partial charge in [-0.3, -0.25) is 4.79 Å². The molecule has 3 nitrogen and oxygen atoms in total. The normalized spacial score (nSPS) is 14.3. The van der Waals surface area contributed by atoms with E-state index in [4.69, 9.17) is 0 Å². The highest BCUT2D eigenvalue weighted by atomic mass is 79.9. The van der Waals surface area contributed by atoms with Crippen molar-refractivity contribution in [3.8, 4) is 0 Å². The molecule has 0 aliphatic carbocycles. The maximum atomic E-state index is 13.1. The van der Waals surface area contributed by atoms with Crippen LogP contribution in [0.15, 0.2) is 22.7 Å². The summed E-state index contributed by atoms with van der Waals surface area (Å²) < 4.78 is 13.6. The number of nitrogens with one attached hydrogen (secondary N) is 1. The van der Waals surface area contributed by atoms with Gasteiger partial charge in [-0.15, -0.1) is 0 Å². The van der Waals surface area contributed by atoms with Gasteiger partial charge in [-0.2, -0.15) is 0 Å². The average molecular weight is 332 g/mol. The first-order valence-electron chi connectivity index (χ1n) is 6.17. The van der Waals surface area contributed by atoms with Gasteiger partial charge in [0.25, 0.3) is 5.91 Å². The highest BCUT2D eigenvalue weighted by Gasteiger charge is 2.23. The van der Waals surface area contributed by atoms with Gasteiger partial charge in [0.1, 0.15) is 5.82 Å². The second-order valence-electron chi connectivity index (χ2n) is 5.40.